The van der Waals surface area contributed by atoms with E-state index in [-0.39, 0.29) is 6.04 Å². The van der Waals surface area contributed by atoms with E-state index in [0.717, 1.165) is 30.5 Å². The van der Waals surface area contributed by atoms with E-state index in [9.17, 15) is 0 Å². The van der Waals surface area contributed by atoms with Gasteiger partial charge in [0.05, 0.1) is 6.04 Å². The number of hydrogen-bond acceptors (Lipinski definition) is 5. The fraction of sp³-hybridized carbons (Fsp3) is 0.278. The summed E-state index contributed by atoms with van der Waals surface area (Å²) >= 11 is 0. The van der Waals surface area contributed by atoms with Gasteiger partial charge in [-0.25, -0.2) is 0 Å². The summed E-state index contributed by atoms with van der Waals surface area (Å²) in [6.45, 7) is 0. The Kier molecular flexibility index (Phi) is 5.11. The number of hydrogen-bond donors (Lipinski definition) is 1. The second kappa shape index (κ2) is 7.65. The summed E-state index contributed by atoms with van der Waals surface area (Å²) in [5, 5.41) is 8.17. The van der Waals surface area contributed by atoms with E-state index in [2.05, 4.69) is 15.2 Å². The Morgan fingerprint density at radius 2 is 1.78 bits per heavy atom. The summed E-state index contributed by atoms with van der Waals surface area (Å²) in [6, 6.07) is 15.7. The molecule has 5 heteroatoms. The standard InChI is InChI=1S/C18H20N4O/c19-16(13-14-7-2-1-3-8-14)18-22-21-17(23-18)11-6-10-15-9-4-5-12-20-15/h1-5,7-9,12,16H,6,10-11,13,19H2/t16-/m0/s1. The van der Waals surface area contributed by atoms with Crippen molar-refractivity contribution in [2.45, 2.75) is 31.7 Å². The molecule has 0 bridgehead atoms. The first-order chi connectivity index (χ1) is 11.3. The maximum Gasteiger partial charge on any atom is 0.233 e. The Bertz CT molecular complexity index is 712. The monoisotopic (exact) mass is 308 g/mol. The Morgan fingerprint density at radius 3 is 2.57 bits per heavy atom. The molecule has 0 unspecified atom stereocenters. The van der Waals surface area contributed by atoms with Gasteiger partial charge in [-0.15, -0.1) is 10.2 Å². The van der Waals surface area contributed by atoms with Gasteiger partial charge in [0.1, 0.15) is 0 Å². The van der Waals surface area contributed by atoms with Crippen molar-refractivity contribution in [3.63, 3.8) is 0 Å². The minimum atomic E-state index is -0.269. The van der Waals surface area contributed by atoms with Gasteiger partial charge in [0, 0.05) is 18.3 Å². The lowest BCUT2D eigenvalue weighted by molar-refractivity contribution is 0.412. The molecule has 1 atom stereocenters. The Morgan fingerprint density at radius 1 is 0.957 bits per heavy atom. The fourth-order valence-electron chi connectivity index (χ4n) is 2.44. The molecule has 3 aromatic rings. The topological polar surface area (TPSA) is 77.8 Å². The minimum absolute atomic E-state index is 0.269. The van der Waals surface area contributed by atoms with Crippen molar-refractivity contribution in [3.8, 4) is 0 Å². The molecular weight excluding hydrogens is 288 g/mol. The van der Waals surface area contributed by atoms with Crippen molar-refractivity contribution in [2.24, 2.45) is 5.73 Å². The zero-order valence-corrected chi connectivity index (χ0v) is 12.9. The van der Waals surface area contributed by atoms with E-state index in [4.69, 9.17) is 10.2 Å². The van der Waals surface area contributed by atoms with Gasteiger partial charge in [0.25, 0.3) is 0 Å². The van der Waals surface area contributed by atoms with Crippen molar-refractivity contribution in [1.82, 2.24) is 15.2 Å². The van der Waals surface area contributed by atoms with Crippen molar-refractivity contribution < 1.29 is 4.42 Å². The average molecular weight is 308 g/mol. The van der Waals surface area contributed by atoms with E-state index in [0.29, 0.717) is 18.2 Å². The van der Waals surface area contributed by atoms with E-state index in [1.807, 2.05) is 54.7 Å². The summed E-state index contributed by atoms with van der Waals surface area (Å²) in [6.07, 6.45) is 5.06. The van der Waals surface area contributed by atoms with Crippen LogP contribution in [-0.2, 0) is 19.3 Å². The lowest BCUT2D eigenvalue weighted by atomic mass is 10.1. The second-order valence-electron chi connectivity index (χ2n) is 5.50. The van der Waals surface area contributed by atoms with Crippen LogP contribution in [0.1, 0.15) is 35.5 Å². The van der Waals surface area contributed by atoms with Crippen LogP contribution in [0.2, 0.25) is 0 Å². The van der Waals surface area contributed by atoms with Gasteiger partial charge < -0.3 is 10.2 Å². The van der Waals surface area contributed by atoms with Crippen molar-refractivity contribution in [2.75, 3.05) is 0 Å². The van der Waals surface area contributed by atoms with Crippen LogP contribution in [0.3, 0.4) is 0 Å². The highest BCUT2D eigenvalue weighted by Gasteiger charge is 2.15. The summed E-state index contributed by atoms with van der Waals surface area (Å²) in [5.74, 6) is 1.14. The molecule has 1 aromatic carbocycles. The van der Waals surface area contributed by atoms with Crippen LogP contribution in [0.25, 0.3) is 0 Å². The molecule has 0 aliphatic heterocycles. The lowest BCUT2D eigenvalue weighted by Gasteiger charge is -2.06. The van der Waals surface area contributed by atoms with Crippen LogP contribution < -0.4 is 5.73 Å². The van der Waals surface area contributed by atoms with Crippen molar-refractivity contribution >= 4 is 0 Å². The first-order valence-corrected chi connectivity index (χ1v) is 7.83. The molecule has 0 aliphatic rings. The van der Waals surface area contributed by atoms with Crippen LogP contribution in [0.15, 0.2) is 59.1 Å². The molecular formula is C18H20N4O. The molecule has 0 radical (unpaired) electrons. The Balaban J connectivity index is 1.51. The first kappa shape index (κ1) is 15.4. The maximum atomic E-state index is 6.15. The molecule has 2 heterocycles. The van der Waals surface area contributed by atoms with Crippen molar-refractivity contribution in [3.05, 3.63) is 77.8 Å². The van der Waals surface area contributed by atoms with E-state index < -0.39 is 0 Å². The molecule has 0 aliphatic carbocycles. The minimum Gasteiger partial charge on any atom is -0.424 e. The third kappa shape index (κ3) is 4.47. The van der Waals surface area contributed by atoms with Crippen LogP contribution >= 0.6 is 0 Å². The summed E-state index contributed by atoms with van der Waals surface area (Å²) in [7, 11) is 0. The van der Waals surface area contributed by atoms with Crippen LogP contribution in [-0.4, -0.2) is 15.2 Å². The summed E-state index contributed by atoms with van der Waals surface area (Å²) in [4.78, 5) is 4.30. The molecule has 23 heavy (non-hydrogen) atoms. The predicted molar refractivity (Wildman–Crippen MR) is 87.6 cm³/mol. The Labute approximate surface area is 135 Å². The lowest BCUT2D eigenvalue weighted by Crippen LogP contribution is -2.13. The molecule has 0 amide bonds. The van der Waals surface area contributed by atoms with Gasteiger partial charge in [-0.05, 0) is 37.0 Å². The van der Waals surface area contributed by atoms with Crippen LogP contribution in [0.5, 0.6) is 0 Å². The third-order valence-corrected chi connectivity index (χ3v) is 3.65. The van der Waals surface area contributed by atoms with E-state index in [1.54, 1.807) is 0 Å². The molecule has 0 spiro atoms. The van der Waals surface area contributed by atoms with E-state index in [1.165, 1.54) is 0 Å². The van der Waals surface area contributed by atoms with Crippen LogP contribution in [0, 0.1) is 0 Å². The molecule has 3 rings (SSSR count). The predicted octanol–water partition coefficient (Wildman–Crippen LogP) is 2.88. The molecule has 0 saturated carbocycles. The average Bonchev–Trinajstić information content (AvgIpc) is 3.06. The quantitative estimate of drug-likeness (QED) is 0.726. The normalized spacial score (nSPS) is 12.2. The molecule has 118 valence electrons. The summed E-state index contributed by atoms with van der Waals surface area (Å²) < 4.78 is 5.69. The number of aromatic nitrogens is 3. The maximum absolute atomic E-state index is 6.15. The van der Waals surface area contributed by atoms with Gasteiger partial charge in [-0.1, -0.05) is 36.4 Å². The number of nitrogens with zero attached hydrogens (tertiary/aromatic N) is 3. The SMILES string of the molecule is N[C@@H](Cc1ccccc1)c1nnc(CCCc2ccccn2)o1. The molecule has 2 aromatic heterocycles. The van der Waals surface area contributed by atoms with Gasteiger partial charge in [-0.3, -0.25) is 4.98 Å². The number of aryl methyl sites for hydroxylation is 2. The number of benzene rings is 1. The smallest absolute Gasteiger partial charge is 0.233 e. The van der Waals surface area contributed by atoms with Gasteiger partial charge >= 0.3 is 0 Å². The first-order valence-electron chi connectivity index (χ1n) is 7.83. The number of rotatable bonds is 7. The highest BCUT2D eigenvalue weighted by Crippen LogP contribution is 2.15. The summed E-state index contributed by atoms with van der Waals surface area (Å²) in [5.41, 5.74) is 8.39. The number of pyridine rings is 1. The van der Waals surface area contributed by atoms with Gasteiger partial charge in [-0.2, -0.15) is 0 Å². The number of nitrogens with two attached hydrogens (primary N) is 1. The highest BCUT2D eigenvalue weighted by molar-refractivity contribution is 5.16. The highest BCUT2D eigenvalue weighted by atomic mass is 16.4. The molecule has 0 saturated heterocycles. The van der Waals surface area contributed by atoms with E-state index >= 15 is 0 Å². The molecule has 2 N–H and O–H groups in total. The second-order valence-corrected chi connectivity index (χ2v) is 5.50. The Hall–Kier alpha value is -2.53. The molecule has 0 fully saturated rings. The van der Waals surface area contributed by atoms with Crippen molar-refractivity contribution in [1.29, 1.82) is 0 Å². The van der Waals surface area contributed by atoms with Gasteiger partial charge in [0.15, 0.2) is 0 Å². The fourth-order valence-corrected chi connectivity index (χ4v) is 2.44. The van der Waals surface area contributed by atoms with Gasteiger partial charge in [0.2, 0.25) is 11.8 Å². The zero-order chi connectivity index (χ0) is 15.9. The largest absolute Gasteiger partial charge is 0.424 e. The molecule has 5 nitrogen and oxygen atoms in total. The third-order valence-electron chi connectivity index (χ3n) is 3.65. The zero-order valence-electron chi connectivity index (χ0n) is 12.9. The van der Waals surface area contributed by atoms with Crippen LogP contribution in [0.4, 0.5) is 0 Å².